The molecule has 0 aromatic carbocycles. The molecule has 1 aliphatic heterocycles. The van der Waals surface area contributed by atoms with E-state index in [1.54, 1.807) is 0 Å². The quantitative estimate of drug-likeness (QED) is 0.450. The van der Waals surface area contributed by atoms with Gasteiger partial charge in [0.25, 0.3) is 0 Å². The SMILES string of the molecule is C#CC1CCCS(I)(I)N1C. The predicted octanol–water partition coefficient (Wildman–Crippen LogP) is 3.13. The lowest BCUT2D eigenvalue weighted by atomic mass is 10.2. The molecule has 0 aromatic rings. The van der Waals surface area contributed by atoms with E-state index >= 15 is 0 Å². The molecule has 0 aromatic heterocycles. The molecule has 11 heavy (non-hydrogen) atoms. The Morgan fingerprint density at radius 1 is 1.64 bits per heavy atom. The Morgan fingerprint density at radius 2 is 2.27 bits per heavy atom. The van der Waals surface area contributed by atoms with E-state index in [4.69, 9.17) is 6.42 Å². The first-order valence-electron chi connectivity index (χ1n) is 3.47. The van der Waals surface area contributed by atoms with Gasteiger partial charge in [-0.15, -0.1) is 6.42 Å². The van der Waals surface area contributed by atoms with Crippen LogP contribution in [0.2, 0.25) is 0 Å². The van der Waals surface area contributed by atoms with E-state index < -0.39 is 4.56 Å². The predicted molar refractivity (Wildman–Crippen MR) is 70.1 cm³/mol. The summed E-state index contributed by atoms with van der Waals surface area (Å²) in [5, 5.41) is 0. The third-order valence-electron chi connectivity index (χ3n) is 1.92. The van der Waals surface area contributed by atoms with Crippen LogP contribution in [0.4, 0.5) is 0 Å². The molecule has 0 spiro atoms. The van der Waals surface area contributed by atoms with Gasteiger partial charge in [-0.25, -0.2) is 4.31 Å². The van der Waals surface area contributed by atoms with Crippen molar-refractivity contribution in [1.29, 1.82) is 0 Å². The number of hydrogen-bond acceptors (Lipinski definition) is 1. The zero-order chi connectivity index (χ0) is 8.48. The van der Waals surface area contributed by atoms with Crippen molar-refractivity contribution in [3.05, 3.63) is 0 Å². The maximum atomic E-state index is 5.43. The lowest BCUT2D eigenvalue weighted by Gasteiger charge is -2.43. The van der Waals surface area contributed by atoms with Gasteiger partial charge < -0.3 is 0 Å². The summed E-state index contributed by atoms with van der Waals surface area (Å²) in [6.07, 6.45) is 7.90. The van der Waals surface area contributed by atoms with Crippen molar-refractivity contribution in [2.24, 2.45) is 0 Å². The minimum atomic E-state index is -0.592. The van der Waals surface area contributed by atoms with Crippen molar-refractivity contribution < 1.29 is 0 Å². The molecule has 1 saturated heterocycles. The first-order chi connectivity index (χ1) is 5.08. The fourth-order valence-corrected chi connectivity index (χ4v) is 6.01. The maximum Gasteiger partial charge on any atom is 0.0803 e. The molecule has 64 valence electrons. The topological polar surface area (TPSA) is 3.24 Å². The van der Waals surface area contributed by atoms with Gasteiger partial charge in [0.1, 0.15) is 0 Å². The molecule has 0 N–H and O–H groups in total. The van der Waals surface area contributed by atoms with Crippen LogP contribution in [0.25, 0.3) is 0 Å². The van der Waals surface area contributed by atoms with E-state index in [1.807, 2.05) is 0 Å². The Labute approximate surface area is 94.3 Å². The lowest BCUT2D eigenvalue weighted by molar-refractivity contribution is 0.439. The van der Waals surface area contributed by atoms with E-state index in [0.717, 1.165) is 0 Å². The molecule has 0 saturated carbocycles. The molecule has 0 radical (unpaired) electrons. The summed E-state index contributed by atoms with van der Waals surface area (Å²) < 4.78 is 1.78. The Bertz CT molecular complexity index is 187. The summed E-state index contributed by atoms with van der Waals surface area (Å²) in [6, 6.07) is 0.382. The van der Waals surface area contributed by atoms with Gasteiger partial charge in [0.15, 0.2) is 0 Å². The molecule has 0 bridgehead atoms. The molecule has 1 unspecified atom stereocenters. The van der Waals surface area contributed by atoms with Crippen LogP contribution in [0, 0.1) is 12.3 Å². The standard InChI is InChI=1S/C7H11I2NS/c1-3-7-5-4-6-11(8,9)10(7)2/h1,7H,4-6H2,2H3. The second-order valence-corrected chi connectivity index (χ2v) is 18.5. The molecule has 1 nitrogen and oxygen atoms in total. The zero-order valence-corrected chi connectivity index (χ0v) is 11.5. The summed E-state index contributed by atoms with van der Waals surface area (Å²) in [5.41, 5.74) is 0. The van der Waals surface area contributed by atoms with Crippen LogP contribution in [-0.4, -0.2) is 23.1 Å². The third kappa shape index (κ3) is 2.39. The first-order valence-corrected chi connectivity index (χ1v) is 10.3. The van der Waals surface area contributed by atoms with E-state index in [0.29, 0.717) is 6.04 Å². The molecule has 1 fully saturated rings. The molecular weight excluding hydrogens is 384 g/mol. The highest BCUT2D eigenvalue weighted by Gasteiger charge is 2.31. The van der Waals surface area contributed by atoms with Crippen LogP contribution in [-0.2, 0) is 0 Å². The normalized spacial score (nSPS) is 34.2. The summed E-state index contributed by atoms with van der Waals surface area (Å²) in [6.45, 7) is 0. The summed E-state index contributed by atoms with van der Waals surface area (Å²) in [7, 11) is 2.15. The number of terminal acetylenes is 1. The monoisotopic (exact) mass is 395 g/mol. The highest BCUT2D eigenvalue weighted by atomic mass is 127. The number of nitrogens with zero attached hydrogens (tertiary/aromatic N) is 1. The Hall–Kier alpha value is 1.33. The van der Waals surface area contributed by atoms with Gasteiger partial charge in [-0.1, -0.05) is 10.5 Å². The average Bonchev–Trinajstić information content (AvgIpc) is 1.95. The molecule has 0 amide bonds. The fourth-order valence-electron chi connectivity index (χ4n) is 1.15. The summed E-state index contributed by atoms with van der Waals surface area (Å²) in [4.78, 5) is 0. The van der Waals surface area contributed by atoms with Gasteiger partial charge in [-0.2, -0.15) is 0 Å². The average molecular weight is 395 g/mol. The van der Waals surface area contributed by atoms with Crippen LogP contribution in [0.15, 0.2) is 0 Å². The first kappa shape index (κ1) is 10.4. The fraction of sp³-hybridized carbons (Fsp3) is 0.714. The Morgan fingerprint density at radius 3 is 2.73 bits per heavy atom. The second kappa shape index (κ2) is 4.03. The van der Waals surface area contributed by atoms with Gasteiger partial charge in [-0.3, -0.25) is 0 Å². The van der Waals surface area contributed by atoms with Crippen LogP contribution in [0.3, 0.4) is 0 Å². The smallest absolute Gasteiger partial charge is 0.0803 e. The van der Waals surface area contributed by atoms with Crippen molar-refractivity contribution in [3.63, 3.8) is 0 Å². The van der Waals surface area contributed by atoms with Crippen LogP contribution >= 0.6 is 47.0 Å². The van der Waals surface area contributed by atoms with E-state index in [2.05, 4.69) is 59.7 Å². The van der Waals surface area contributed by atoms with Gasteiger partial charge in [0, 0.05) is 48.2 Å². The van der Waals surface area contributed by atoms with E-state index in [-0.39, 0.29) is 0 Å². The molecule has 1 rings (SSSR count). The Kier molecular flexibility index (Phi) is 3.81. The number of hydrogen-bond donors (Lipinski definition) is 0. The van der Waals surface area contributed by atoms with Crippen molar-refractivity contribution in [3.8, 4) is 12.3 Å². The van der Waals surface area contributed by atoms with Gasteiger partial charge in [-0.05, 0) is 19.9 Å². The molecule has 1 aliphatic rings. The minimum absolute atomic E-state index is 0.382. The highest BCUT2D eigenvalue weighted by Crippen LogP contribution is 2.68. The summed E-state index contributed by atoms with van der Waals surface area (Å²) in [5.74, 6) is 4.17. The zero-order valence-electron chi connectivity index (χ0n) is 6.39. The lowest BCUT2D eigenvalue weighted by Crippen LogP contribution is -2.33. The van der Waals surface area contributed by atoms with Crippen molar-refractivity contribution in [2.75, 3.05) is 12.8 Å². The molecular formula is C7H11I2NS. The second-order valence-electron chi connectivity index (χ2n) is 2.62. The number of rotatable bonds is 0. The summed E-state index contributed by atoms with van der Waals surface area (Å²) >= 11 is 5.11. The van der Waals surface area contributed by atoms with E-state index in [9.17, 15) is 0 Å². The Balaban J connectivity index is 2.69. The molecule has 1 heterocycles. The van der Waals surface area contributed by atoms with E-state index in [1.165, 1.54) is 18.6 Å². The largest absolute Gasteiger partial charge is 0.240 e. The number of halogens is 2. The third-order valence-corrected chi connectivity index (χ3v) is 10.2. The van der Waals surface area contributed by atoms with Crippen LogP contribution in [0.5, 0.6) is 0 Å². The van der Waals surface area contributed by atoms with Gasteiger partial charge >= 0.3 is 0 Å². The molecule has 0 aliphatic carbocycles. The highest BCUT2D eigenvalue weighted by molar-refractivity contribution is 14.3. The van der Waals surface area contributed by atoms with Gasteiger partial charge in [0.2, 0.25) is 0 Å². The molecule has 4 heteroatoms. The maximum absolute atomic E-state index is 5.43. The van der Waals surface area contributed by atoms with Crippen molar-refractivity contribution >= 4 is 47.0 Å². The van der Waals surface area contributed by atoms with Crippen LogP contribution in [0.1, 0.15) is 12.8 Å². The molecule has 1 atom stereocenters. The van der Waals surface area contributed by atoms with Crippen molar-refractivity contribution in [2.45, 2.75) is 18.9 Å². The minimum Gasteiger partial charge on any atom is -0.240 e. The van der Waals surface area contributed by atoms with Gasteiger partial charge in [0.05, 0.1) is 6.04 Å². The van der Waals surface area contributed by atoms with Crippen molar-refractivity contribution in [1.82, 2.24) is 4.31 Å². The van der Waals surface area contributed by atoms with Crippen LogP contribution < -0.4 is 0 Å².